The van der Waals surface area contributed by atoms with E-state index in [0.717, 1.165) is 0 Å². The van der Waals surface area contributed by atoms with Gasteiger partial charge in [-0.2, -0.15) is 0 Å². The second kappa shape index (κ2) is 6.98. The molecule has 0 bridgehead atoms. The summed E-state index contributed by atoms with van der Waals surface area (Å²) in [4.78, 5) is 25.2. The Morgan fingerprint density at radius 3 is 2.62 bits per heavy atom. The molecular formula is C17H23NO6. The molecule has 24 heavy (non-hydrogen) atoms. The number of ether oxygens (including phenoxy) is 3. The number of amides is 1. The minimum absolute atomic E-state index is 0.0389. The van der Waals surface area contributed by atoms with Gasteiger partial charge in [0, 0.05) is 13.0 Å². The van der Waals surface area contributed by atoms with Crippen LogP contribution < -0.4 is 4.74 Å². The van der Waals surface area contributed by atoms with Crippen molar-refractivity contribution in [1.82, 2.24) is 4.90 Å². The fraction of sp³-hybridized carbons (Fsp3) is 0.529. The minimum Gasteiger partial charge on any atom is -0.507 e. The number of hydrogen-bond donors (Lipinski definition) is 1. The SMILES string of the molecule is COC(=O)c1cc(OC2CCN(C(=O)OC(C)(C)C)C2)ccc1O. The van der Waals surface area contributed by atoms with E-state index in [1.54, 1.807) is 11.0 Å². The molecule has 1 aliphatic heterocycles. The first-order chi connectivity index (χ1) is 11.2. The lowest BCUT2D eigenvalue weighted by Crippen LogP contribution is -2.36. The standard InChI is InChI=1S/C17H23NO6/c1-17(2,3)24-16(21)18-8-7-12(10-18)23-11-5-6-14(19)13(9-11)15(20)22-4/h5-6,9,12,19H,7-8,10H2,1-4H3. The van der Waals surface area contributed by atoms with E-state index < -0.39 is 11.6 Å². The number of phenols is 1. The maximum absolute atomic E-state index is 12.0. The Hall–Kier alpha value is -2.44. The molecule has 1 unspecified atom stereocenters. The Labute approximate surface area is 141 Å². The van der Waals surface area contributed by atoms with Gasteiger partial charge in [-0.25, -0.2) is 9.59 Å². The summed E-state index contributed by atoms with van der Waals surface area (Å²) in [5.41, 5.74) is -0.500. The number of methoxy groups -OCH3 is 1. The highest BCUT2D eigenvalue weighted by Gasteiger charge is 2.31. The van der Waals surface area contributed by atoms with E-state index >= 15 is 0 Å². The third-order valence-electron chi connectivity index (χ3n) is 3.47. The highest BCUT2D eigenvalue weighted by molar-refractivity contribution is 5.92. The molecule has 1 heterocycles. The number of rotatable bonds is 3. The van der Waals surface area contributed by atoms with Gasteiger partial charge in [0.05, 0.1) is 13.7 Å². The maximum atomic E-state index is 12.0. The van der Waals surface area contributed by atoms with Gasteiger partial charge in [-0.15, -0.1) is 0 Å². The third-order valence-corrected chi connectivity index (χ3v) is 3.47. The van der Waals surface area contributed by atoms with Crippen LogP contribution in [0.4, 0.5) is 4.79 Å². The van der Waals surface area contributed by atoms with E-state index in [1.807, 2.05) is 20.8 Å². The lowest BCUT2D eigenvalue weighted by Gasteiger charge is -2.24. The maximum Gasteiger partial charge on any atom is 0.410 e. The van der Waals surface area contributed by atoms with Crippen molar-refractivity contribution in [2.24, 2.45) is 0 Å². The van der Waals surface area contributed by atoms with Crippen LogP contribution in [0.25, 0.3) is 0 Å². The first-order valence-electron chi connectivity index (χ1n) is 7.75. The molecular weight excluding hydrogens is 314 g/mol. The van der Waals surface area contributed by atoms with E-state index in [9.17, 15) is 14.7 Å². The van der Waals surface area contributed by atoms with Crippen LogP contribution in [0.5, 0.6) is 11.5 Å². The number of likely N-dealkylation sites (tertiary alicyclic amines) is 1. The van der Waals surface area contributed by atoms with Gasteiger partial charge in [0.25, 0.3) is 0 Å². The topological polar surface area (TPSA) is 85.3 Å². The molecule has 1 aromatic carbocycles. The molecule has 0 spiro atoms. The predicted molar refractivity (Wildman–Crippen MR) is 86.3 cm³/mol. The molecule has 132 valence electrons. The van der Waals surface area contributed by atoms with Gasteiger partial charge in [0.1, 0.15) is 28.8 Å². The van der Waals surface area contributed by atoms with Crippen LogP contribution in [0.1, 0.15) is 37.6 Å². The fourth-order valence-electron chi connectivity index (χ4n) is 2.37. The van der Waals surface area contributed by atoms with Gasteiger partial charge in [-0.05, 0) is 39.0 Å². The Balaban J connectivity index is 1.98. The molecule has 1 saturated heterocycles. The Kier molecular flexibility index (Phi) is 5.21. The molecule has 0 aliphatic carbocycles. The summed E-state index contributed by atoms with van der Waals surface area (Å²) in [6.45, 7) is 6.41. The highest BCUT2D eigenvalue weighted by Crippen LogP contribution is 2.26. The summed E-state index contributed by atoms with van der Waals surface area (Å²) in [5.74, 6) is -0.375. The number of benzene rings is 1. The molecule has 1 aromatic rings. The van der Waals surface area contributed by atoms with Gasteiger partial charge in [-0.1, -0.05) is 0 Å². The Bertz CT molecular complexity index is 622. The smallest absolute Gasteiger partial charge is 0.410 e. The van der Waals surface area contributed by atoms with Crippen molar-refractivity contribution in [1.29, 1.82) is 0 Å². The van der Waals surface area contributed by atoms with Crippen LogP contribution in [0.2, 0.25) is 0 Å². The fourth-order valence-corrected chi connectivity index (χ4v) is 2.37. The first-order valence-corrected chi connectivity index (χ1v) is 7.75. The largest absolute Gasteiger partial charge is 0.507 e. The van der Waals surface area contributed by atoms with E-state index in [1.165, 1.54) is 19.2 Å². The van der Waals surface area contributed by atoms with Gasteiger partial charge in [0.2, 0.25) is 0 Å². The van der Waals surface area contributed by atoms with Crippen molar-refractivity contribution < 1.29 is 28.9 Å². The molecule has 1 atom stereocenters. The van der Waals surface area contributed by atoms with Crippen LogP contribution in [-0.2, 0) is 9.47 Å². The molecule has 0 saturated carbocycles. The number of hydrogen-bond acceptors (Lipinski definition) is 6. The monoisotopic (exact) mass is 337 g/mol. The van der Waals surface area contributed by atoms with E-state index in [-0.39, 0.29) is 23.5 Å². The van der Waals surface area contributed by atoms with Crippen molar-refractivity contribution in [3.8, 4) is 11.5 Å². The number of carbonyl (C=O) groups is 2. The Morgan fingerprint density at radius 2 is 2.00 bits per heavy atom. The highest BCUT2D eigenvalue weighted by atomic mass is 16.6. The van der Waals surface area contributed by atoms with Crippen molar-refractivity contribution in [2.75, 3.05) is 20.2 Å². The van der Waals surface area contributed by atoms with Crippen molar-refractivity contribution in [2.45, 2.75) is 38.9 Å². The summed E-state index contributed by atoms with van der Waals surface area (Å²) in [6, 6.07) is 4.37. The Morgan fingerprint density at radius 1 is 1.29 bits per heavy atom. The summed E-state index contributed by atoms with van der Waals surface area (Å²) in [5, 5.41) is 9.69. The second-order valence-corrected chi connectivity index (χ2v) is 6.63. The normalized spacial score (nSPS) is 17.5. The average molecular weight is 337 g/mol. The number of nitrogens with zero attached hydrogens (tertiary/aromatic N) is 1. The molecule has 1 aliphatic rings. The molecule has 1 N–H and O–H groups in total. The van der Waals surface area contributed by atoms with Crippen LogP contribution in [-0.4, -0.2) is 54.0 Å². The summed E-state index contributed by atoms with van der Waals surface area (Å²) in [7, 11) is 1.24. The molecule has 7 nitrogen and oxygen atoms in total. The average Bonchev–Trinajstić information content (AvgIpc) is 2.95. The zero-order valence-electron chi connectivity index (χ0n) is 14.4. The summed E-state index contributed by atoms with van der Waals surface area (Å²) >= 11 is 0. The first kappa shape index (κ1) is 17.9. The minimum atomic E-state index is -0.639. The zero-order chi connectivity index (χ0) is 17.9. The van der Waals surface area contributed by atoms with Crippen LogP contribution >= 0.6 is 0 Å². The van der Waals surface area contributed by atoms with E-state index in [0.29, 0.717) is 25.3 Å². The molecule has 0 aromatic heterocycles. The van der Waals surface area contributed by atoms with E-state index in [4.69, 9.17) is 9.47 Å². The zero-order valence-corrected chi connectivity index (χ0v) is 14.4. The predicted octanol–water partition coefficient (Wildman–Crippen LogP) is 2.57. The van der Waals surface area contributed by atoms with Crippen molar-refractivity contribution >= 4 is 12.1 Å². The molecule has 2 rings (SSSR count). The van der Waals surface area contributed by atoms with Gasteiger partial charge in [-0.3, -0.25) is 0 Å². The van der Waals surface area contributed by atoms with Crippen molar-refractivity contribution in [3.63, 3.8) is 0 Å². The number of esters is 1. The molecule has 0 radical (unpaired) electrons. The molecule has 7 heteroatoms. The van der Waals surface area contributed by atoms with Gasteiger partial charge >= 0.3 is 12.1 Å². The molecule has 1 fully saturated rings. The van der Waals surface area contributed by atoms with Gasteiger partial charge < -0.3 is 24.2 Å². The summed E-state index contributed by atoms with van der Waals surface area (Å²) in [6.07, 6.45) is 0.0929. The lowest BCUT2D eigenvalue weighted by atomic mass is 10.2. The number of carbonyl (C=O) groups excluding carboxylic acids is 2. The number of phenolic OH excluding ortho intramolecular Hbond substituents is 1. The summed E-state index contributed by atoms with van der Waals surface area (Å²) < 4.78 is 15.8. The van der Waals surface area contributed by atoms with E-state index in [2.05, 4.69) is 4.74 Å². The molecule has 1 amide bonds. The van der Waals surface area contributed by atoms with Gasteiger partial charge in [0.15, 0.2) is 0 Å². The lowest BCUT2D eigenvalue weighted by molar-refractivity contribution is 0.0275. The van der Waals surface area contributed by atoms with Crippen LogP contribution in [0.15, 0.2) is 18.2 Å². The second-order valence-electron chi connectivity index (χ2n) is 6.63. The van der Waals surface area contributed by atoms with Crippen LogP contribution in [0.3, 0.4) is 0 Å². The van der Waals surface area contributed by atoms with Crippen LogP contribution in [0, 0.1) is 0 Å². The number of aromatic hydroxyl groups is 1. The van der Waals surface area contributed by atoms with Crippen molar-refractivity contribution in [3.05, 3.63) is 23.8 Å². The quantitative estimate of drug-likeness (QED) is 0.853. The third kappa shape index (κ3) is 4.53.